The highest BCUT2D eigenvalue weighted by atomic mass is 19.1. The fourth-order valence-corrected chi connectivity index (χ4v) is 3.78. The van der Waals surface area contributed by atoms with Gasteiger partial charge in [0.25, 0.3) is 5.91 Å². The van der Waals surface area contributed by atoms with Crippen LogP contribution in [0.15, 0.2) is 48.5 Å². The molecule has 0 saturated carbocycles. The van der Waals surface area contributed by atoms with Gasteiger partial charge in [-0.2, -0.15) is 0 Å². The normalized spacial score (nSPS) is 19.7. The molecule has 3 unspecified atom stereocenters. The van der Waals surface area contributed by atoms with Crippen molar-refractivity contribution in [3.8, 4) is 0 Å². The van der Waals surface area contributed by atoms with Crippen molar-refractivity contribution in [2.75, 3.05) is 23.3 Å². The molecule has 3 atom stereocenters. The Morgan fingerprint density at radius 3 is 2.29 bits per heavy atom. The van der Waals surface area contributed by atoms with E-state index in [1.807, 2.05) is 38.7 Å². The second kappa shape index (κ2) is 9.92. The van der Waals surface area contributed by atoms with Crippen LogP contribution in [0.4, 0.5) is 15.8 Å². The molecule has 1 heterocycles. The fraction of sp³-hybridized carbons (Fsp3) is 0.417. The number of hydrogen-bond donors (Lipinski definition) is 2. The van der Waals surface area contributed by atoms with Crippen LogP contribution in [0.5, 0.6) is 0 Å². The van der Waals surface area contributed by atoms with E-state index in [-0.39, 0.29) is 29.9 Å². The Kier molecular flexibility index (Phi) is 7.28. The minimum atomic E-state index is -0.753. The summed E-state index contributed by atoms with van der Waals surface area (Å²) >= 11 is 0. The molecule has 0 radical (unpaired) electrons. The minimum Gasteiger partial charge on any atom is -0.372 e. The summed E-state index contributed by atoms with van der Waals surface area (Å²) in [5.74, 6) is -1.27. The SMILES string of the molecule is CC1CN(c2ccc(NC(=O)C(NC(=O)c3ccccc3)C(C)C)cc2F)CC(C)O1. The Bertz CT molecular complexity index is 910. The molecule has 0 bridgehead atoms. The third-order valence-electron chi connectivity index (χ3n) is 5.25. The lowest BCUT2D eigenvalue weighted by Crippen LogP contribution is -2.47. The molecule has 2 amide bonds. The van der Waals surface area contributed by atoms with Crippen LogP contribution < -0.4 is 15.5 Å². The number of nitrogens with one attached hydrogen (secondary N) is 2. The van der Waals surface area contributed by atoms with Crippen molar-refractivity contribution in [1.82, 2.24) is 5.32 Å². The van der Waals surface area contributed by atoms with Gasteiger partial charge in [0.05, 0.1) is 17.9 Å². The maximum absolute atomic E-state index is 14.8. The zero-order chi connectivity index (χ0) is 22.5. The average molecular weight is 428 g/mol. The molecule has 2 N–H and O–H groups in total. The first-order valence-electron chi connectivity index (χ1n) is 10.6. The van der Waals surface area contributed by atoms with Crippen molar-refractivity contribution >= 4 is 23.2 Å². The Balaban J connectivity index is 1.69. The van der Waals surface area contributed by atoms with E-state index in [0.29, 0.717) is 30.0 Å². The molecule has 1 aliphatic heterocycles. The van der Waals surface area contributed by atoms with Gasteiger partial charge >= 0.3 is 0 Å². The third kappa shape index (κ3) is 5.82. The van der Waals surface area contributed by atoms with Crippen LogP contribution in [0.2, 0.25) is 0 Å². The van der Waals surface area contributed by atoms with E-state index in [2.05, 4.69) is 10.6 Å². The van der Waals surface area contributed by atoms with E-state index in [4.69, 9.17) is 4.74 Å². The highest BCUT2D eigenvalue weighted by Gasteiger charge is 2.26. The number of carbonyl (C=O) groups excluding carboxylic acids is 2. The number of carbonyl (C=O) groups is 2. The second-order valence-corrected chi connectivity index (χ2v) is 8.38. The van der Waals surface area contributed by atoms with Gasteiger partial charge in [-0.15, -0.1) is 0 Å². The summed E-state index contributed by atoms with van der Waals surface area (Å²) in [4.78, 5) is 27.3. The number of ether oxygens (including phenoxy) is 1. The zero-order valence-electron chi connectivity index (χ0n) is 18.4. The molecular formula is C24H30FN3O3. The summed E-state index contributed by atoms with van der Waals surface area (Å²) in [5.41, 5.74) is 1.31. The molecule has 166 valence electrons. The maximum atomic E-state index is 14.8. The first-order valence-corrected chi connectivity index (χ1v) is 10.6. The average Bonchev–Trinajstić information content (AvgIpc) is 2.71. The van der Waals surface area contributed by atoms with E-state index in [0.717, 1.165) is 0 Å². The first-order chi connectivity index (χ1) is 14.7. The quantitative estimate of drug-likeness (QED) is 0.735. The monoisotopic (exact) mass is 427 g/mol. The van der Waals surface area contributed by atoms with Gasteiger partial charge in [0.1, 0.15) is 11.9 Å². The molecule has 1 fully saturated rings. The summed E-state index contributed by atoms with van der Waals surface area (Å²) in [6, 6.07) is 12.6. The van der Waals surface area contributed by atoms with Crippen LogP contribution in [0.1, 0.15) is 38.1 Å². The van der Waals surface area contributed by atoms with Crippen molar-refractivity contribution in [2.24, 2.45) is 5.92 Å². The molecule has 2 aromatic carbocycles. The highest BCUT2D eigenvalue weighted by molar-refractivity contribution is 6.01. The Labute approximate surface area is 182 Å². The molecule has 0 aliphatic carbocycles. The van der Waals surface area contributed by atoms with Crippen molar-refractivity contribution in [3.63, 3.8) is 0 Å². The Hall–Kier alpha value is -2.93. The topological polar surface area (TPSA) is 70.7 Å². The van der Waals surface area contributed by atoms with Gasteiger partial charge in [-0.1, -0.05) is 32.0 Å². The molecule has 1 saturated heterocycles. The second-order valence-electron chi connectivity index (χ2n) is 8.38. The molecule has 1 aliphatic rings. The molecule has 31 heavy (non-hydrogen) atoms. The molecule has 6 nitrogen and oxygen atoms in total. The zero-order valence-corrected chi connectivity index (χ0v) is 18.4. The predicted molar refractivity (Wildman–Crippen MR) is 120 cm³/mol. The Morgan fingerprint density at radius 1 is 1.06 bits per heavy atom. The van der Waals surface area contributed by atoms with Crippen LogP contribution in [-0.4, -0.2) is 43.2 Å². The van der Waals surface area contributed by atoms with Gasteiger partial charge in [-0.25, -0.2) is 4.39 Å². The van der Waals surface area contributed by atoms with Gasteiger partial charge in [-0.05, 0) is 50.1 Å². The number of amides is 2. The van der Waals surface area contributed by atoms with Gasteiger partial charge in [0.2, 0.25) is 5.91 Å². The van der Waals surface area contributed by atoms with Crippen molar-refractivity contribution in [2.45, 2.75) is 45.9 Å². The molecule has 3 rings (SSSR count). The molecule has 7 heteroatoms. The van der Waals surface area contributed by atoms with Crippen LogP contribution in [0.25, 0.3) is 0 Å². The van der Waals surface area contributed by atoms with E-state index < -0.39 is 11.9 Å². The number of benzene rings is 2. The van der Waals surface area contributed by atoms with Crippen LogP contribution >= 0.6 is 0 Å². The largest absolute Gasteiger partial charge is 0.372 e. The summed E-state index contributed by atoms with van der Waals surface area (Å²) in [6.07, 6.45) is 0.0325. The van der Waals surface area contributed by atoms with Gasteiger partial charge in [-0.3, -0.25) is 9.59 Å². The smallest absolute Gasteiger partial charge is 0.251 e. The van der Waals surface area contributed by atoms with Crippen molar-refractivity contribution in [1.29, 1.82) is 0 Å². The number of morpholine rings is 1. The Morgan fingerprint density at radius 2 is 1.71 bits per heavy atom. The predicted octanol–water partition coefficient (Wildman–Crippen LogP) is 3.83. The lowest BCUT2D eigenvalue weighted by molar-refractivity contribution is -0.118. The van der Waals surface area contributed by atoms with Crippen molar-refractivity contribution < 1.29 is 18.7 Å². The highest BCUT2D eigenvalue weighted by Crippen LogP contribution is 2.26. The molecule has 2 aromatic rings. The number of halogens is 1. The van der Waals surface area contributed by atoms with Crippen LogP contribution in [0.3, 0.4) is 0 Å². The number of nitrogens with zero attached hydrogens (tertiary/aromatic N) is 1. The first kappa shape index (κ1) is 22.7. The number of anilines is 2. The molecule has 0 aromatic heterocycles. The van der Waals surface area contributed by atoms with E-state index in [1.165, 1.54) is 6.07 Å². The van der Waals surface area contributed by atoms with Crippen LogP contribution in [-0.2, 0) is 9.53 Å². The summed E-state index contributed by atoms with van der Waals surface area (Å²) in [5, 5.41) is 5.51. The van der Waals surface area contributed by atoms with E-state index in [9.17, 15) is 14.0 Å². The minimum absolute atomic E-state index is 0.0163. The number of hydrogen-bond acceptors (Lipinski definition) is 4. The summed E-state index contributed by atoms with van der Waals surface area (Å²) in [7, 11) is 0. The third-order valence-corrected chi connectivity index (χ3v) is 5.25. The summed E-state index contributed by atoms with van der Waals surface area (Å²) < 4.78 is 20.5. The lowest BCUT2D eigenvalue weighted by Gasteiger charge is -2.37. The van der Waals surface area contributed by atoms with Gasteiger partial charge < -0.3 is 20.3 Å². The fourth-order valence-electron chi connectivity index (χ4n) is 3.78. The van der Waals surface area contributed by atoms with E-state index >= 15 is 0 Å². The number of rotatable bonds is 6. The van der Waals surface area contributed by atoms with Gasteiger partial charge in [0, 0.05) is 24.3 Å². The van der Waals surface area contributed by atoms with Crippen LogP contribution in [0, 0.1) is 11.7 Å². The molecular weight excluding hydrogens is 397 g/mol. The lowest BCUT2D eigenvalue weighted by atomic mass is 10.0. The van der Waals surface area contributed by atoms with E-state index in [1.54, 1.807) is 36.4 Å². The summed E-state index contributed by atoms with van der Waals surface area (Å²) in [6.45, 7) is 8.83. The van der Waals surface area contributed by atoms with Gasteiger partial charge in [0.15, 0.2) is 0 Å². The standard InChI is InChI=1S/C24H30FN3O3/c1-15(2)22(27-23(29)18-8-6-5-7-9-18)24(30)26-19-10-11-21(20(25)12-19)28-13-16(3)31-17(4)14-28/h5-12,15-17,22H,13-14H2,1-4H3,(H,26,30)(H,27,29). The van der Waals surface area contributed by atoms with Crippen molar-refractivity contribution in [3.05, 3.63) is 59.9 Å². The maximum Gasteiger partial charge on any atom is 0.251 e. The molecule has 0 spiro atoms.